The largest absolute Gasteiger partial charge is 0.445 e. The minimum absolute atomic E-state index is 0.148. The maximum absolute atomic E-state index is 14.0. The highest BCUT2D eigenvalue weighted by Crippen LogP contribution is 2.37. The van der Waals surface area contributed by atoms with Crippen LogP contribution in [0.5, 0.6) is 0 Å². The van der Waals surface area contributed by atoms with Crippen molar-refractivity contribution in [2.24, 2.45) is 0 Å². The topological polar surface area (TPSA) is 136 Å². The average Bonchev–Trinajstić information content (AvgIpc) is 3.71. The fourth-order valence-electron chi connectivity index (χ4n) is 4.99. The molecule has 14 heteroatoms. The van der Waals surface area contributed by atoms with Crippen molar-refractivity contribution in [3.05, 3.63) is 107 Å². The van der Waals surface area contributed by atoms with E-state index < -0.39 is 17.8 Å². The molecular formula is C30H22ClF2N9O2. The van der Waals surface area contributed by atoms with Crippen molar-refractivity contribution < 1.29 is 17.9 Å². The van der Waals surface area contributed by atoms with Crippen LogP contribution in [0, 0.1) is 23.1 Å². The Kier molecular flexibility index (Phi) is 7.15. The van der Waals surface area contributed by atoms with Gasteiger partial charge in [-0.3, -0.25) is 9.99 Å². The molecule has 0 aliphatic carbocycles. The Bertz CT molecular complexity index is 1940. The van der Waals surface area contributed by atoms with Gasteiger partial charge in [0.2, 0.25) is 11.8 Å². The Morgan fingerprint density at radius 3 is 2.73 bits per heavy atom. The molecule has 2 aliphatic heterocycles. The zero-order valence-electron chi connectivity index (χ0n) is 22.7. The lowest BCUT2D eigenvalue weighted by atomic mass is 10.0. The van der Waals surface area contributed by atoms with E-state index in [0.29, 0.717) is 46.4 Å². The molecule has 4 N–H and O–H groups in total. The molecule has 220 valence electrons. The quantitative estimate of drug-likeness (QED) is 0.164. The summed E-state index contributed by atoms with van der Waals surface area (Å²) in [5, 5.41) is 19.2. The number of nitrogens with zero attached hydrogens (tertiary/aromatic N) is 5. The molecule has 2 aliphatic rings. The van der Waals surface area contributed by atoms with Crippen molar-refractivity contribution >= 4 is 39.6 Å². The number of benzene rings is 2. The maximum Gasteiger partial charge on any atom is 0.249 e. The molecule has 0 bridgehead atoms. The van der Waals surface area contributed by atoms with Gasteiger partial charge in [-0.1, -0.05) is 23.7 Å². The Morgan fingerprint density at radius 2 is 1.98 bits per heavy atom. The summed E-state index contributed by atoms with van der Waals surface area (Å²) in [5.74, 6) is -1.87. The van der Waals surface area contributed by atoms with Crippen molar-refractivity contribution in [3.63, 3.8) is 0 Å². The van der Waals surface area contributed by atoms with E-state index >= 15 is 0 Å². The third-order valence-corrected chi connectivity index (χ3v) is 7.54. The summed E-state index contributed by atoms with van der Waals surface area (Å²) in [6, 6.07) is 14.1. The number of nitrogens with one attached hydrogen (secondary N) is 4. The summed E-state index contributed by atoms with van der Waals surface area (Å²) >= 11 is 6.73. The monoisotopic (exact) mass is 613 g/mol. The molecule has 0 saturated carbocycles. The number of hydrazine groups is 2. The highest BCUT2D eigenvalue weighted by Gasteiger charge is 2.30. The lowest BCUT2D eigenvalue weighted by molar-refractivity contribution is -0.0635. The van der Waals surface area contributed by atoms with Crippen LogP contribution < -0.4 is 21.6 Å². The molecule has 5 aromatic rings. The second-order valence-corrected chi connectivity index (χ2v) is 10.5. The fraction of sp³-hybridized carbons (Fsp3) is 0.133. The second kappa shape index (κ2) is 11.4. The minimum Gasteiger partial charge on any atom is -0.445 e. The van der Waals surface area contributed by atoms with Gasteiger partial charge in [0.25, 0.3) is 0 Å². The van der Waals surface area contributed by atoms with Gasteiger partial charge in [0, 0.05) is 35.1 Å². The van der Waals surface area contributed by atoms with Crippen LogP contribution in [0.3, 0.4) is 0 Å². The van der Waals surface area contributed by atoms with E-state index in [1.165, 1.54) is 12.5 Å². The van der Waals surface area contributed by atoms with Crippen LogP contribution in [0.4, 0.5) is 25.8 Å². The third-order valence-electron chi connectivity index (χ3n) is 7.25. The Hall–Kier alpha value is -5.29. The number of hydrogen-bond donors (Lipinski definition) is 4. The summed E-state index contributed by atoms with van der Waals surface area (Å²) in [6.45, 7) is 1.21. The number of halogens is 3. The van der Waals surface area contributed by atoms with Crippen molar-refractivity contribution in [2.75, 3.05) is 23.8 Å². The molecule has 1 atom stereocenters. The SMILES string of the molecule is N#Cc1cnc2c(Cl)cc(N[C@H](C3=CN(C4COC4)NN3)c3cccc(-c4ncco4)c3)cc2c1Nc1cnc(F)c(F)c1. The number of hydrogen-bond acceptors (Lipinski definition) is 11. The molecule has 11 nitrogen and oxygen atoms in total. The standard InChI is InChI=1S/C30H22ClF2N9O2/c31-23-8-19(7-22-26(18(10-34)11-36-28(22)23)39-20-9-24(32)29(33)37-12-20)38-27(25-13-42(41-40-25)21-14-43-15-21)16-2-1-3-17(6-16)30-35-4-5-44-30/h1-9,11-13,21,27,38,40-41H,14-15H2,(H,36,39)/t27-/m0/s1. The van der Waals surface area contributed by atoms with E-state index in [1.54, 1.807) is 18.3 Å². The molecule has 5 heterocycles. The van der Waals surface area contributed by atoms with E-state index in [1.807, 2.05) is 35.5 Å². The van der Waals surface area contributed by atoms with E-state index in [2.05, 4.69) is 42.6 Å². The second-order valence-electron chi connectivity index (χ2n) is 10.1. The van der Waals surface area contributed by atoms with Crippen molar-refractivity contribution in [3.8, 4) is 17.5 Å². The summed E-state index contributed by atoms with van der Waals surface area (Å²) < 4.78 is 38.3. The Balaban J connectivity index is 1.30. The van der Waals surface area contributed by atoms with Crippen LogP contribution >= 0.6 is 11.6 Å². The average molecular weight is 614 g/mol. The Morgan fingerprint density at radius 1 is 1.09 bits per heavy atom. The van der Waals surface area contributed by atoms with Gasteiger partial charge in [-0.15, -0.1) is 5.53 Å². The van der Waals surface area contributed by atoms with Gasteiger partial charge < -0.3 is 25.2 Å². The third kappa shape index (κ3) is 5.22. The zero-order chi connectivity index (χ0) is 30.2. The fourth-order valence-corrected chi connectivity index (χ4v) is 5.26. The van der Waals surface area contributed by atoms with Crippen LogP contribution in [0.1, 0.15) is 17.2 Å². The highest BCUT2D eigenvalue weighted by atomic mass is 35.5. The van der Waals surface area contributed by atoms with Crippen LogP contribution in [0.15, 0.2) is 83.6 Å². The first-order valence-electron chi connectivity index (χ1n) is 13.4. The maximum atomic E-state index is 14.0. The number of rotatable bonds is 8. The van der Waals surface area contributed by atoms with Gasteiger partial charge in [-0.05, 0) is 29.8 Å². The van der Waals surface area contributed by atoms with Gasteiger partial charge in [0.05, 0.1) is 70.9 Å². The van der Waals surface area contributed by atoms with E-state index in [-0.39, 0.29) is 17.3 Å². The van der Waals surface area contributed by atoms with Crippen LogP contribution in [0.2, 0.25) is 5.02 Å². The molecule has 0 unspecified atom stereocenters. The predicted octanol–water partition coefficient (Wildman–Crippen LogP) is 5.55. The predicted molar refractivity (Wildman–Crippen MR) is 158 cm³/mol. The zero-order valence-corrected chi connectivity index (χ0v) is 23.4. The number of fused-ring (bicyclic) bond motifs is 1. The normalized spacial score (nSPS) is 15.3. The molecular weight excluding hydrogens is 592 g/mol. The van der Waals surface area contributed by atoms with Crippen LogP contribution in [-0.2, 0) is 4.74 Å². The van der Waals surface area contributed by atoms with Gasteiger partial charge >= 0.3 is 0 Å². The first-order valence-corrected chi connectivity index (χ1v) is 13.8. The number of ether oxygens (including phenoxy) is 1. The lowest BCUT2D eigenvalue weighted by Crippen LogP contribution is -2.52. The molecule has 1 saturated heterocycles. The molecule has 0 spiro atoms. The molecule has 44 heavy (non-hydrogen) atoms. The van der Waals surface area contributed by atoms with Gasteiger partial charge in [-0.2, -0.15) is 9.65 Å². The molecule has 0 radical (unpaired) electrons. The van der Waals surface area contributed by atoms with Gasteiger partial charge in [0.15, 0.2) is 5.82 Å². The highest BCUT2D eigenvalue weighted by molar-refractivity contribution is 6.36. The molecule has 7 rings (SSSR count). The number of aromatic nitrogens is 3. The first kappa shape index (κ1) is 27.5. The molecule has 2 aromatic carbocycles. The molecule has 1 fully saturated rings. The van der Waals surface area contributed by atoms with Crippen molar-refractivity contribution in [1.82, 2.24) is 30.9 Å². The first-order chi connectivity index (χ1) is 21.5. The number of pyridine rings is 2. The summed E-state index contributed by atoms with van der Waals surface area (Å²) in [6.07, 6.45) is 7.58. The van der Waals surface area contributed by atoms with E-state index in [4.69, 9.17) is 20.8 Å². The summed E-state index contributed by atoms with van der Waals surface area (Å²) in [5.41, 5.74) is 10.6. The van der Waals surface area contributed by atoms with Gasteiger partial charge in [0.1, 0.15) is 12.3 Å². The van der Waals surface area contributed by atoms with Crippen LogP contribution in [-0.4, -0.2) is 39.2 Å². The number of nitriles is 1. The minimum atomic E-state index is -1.23. The van der Waals surface area contributed by atoms with Crippen LogP contribution in [0.25, 0.3) is 22.4 Å². The number of oxazole rings is 1. The molecule has 0 amide bonds. The van der Waals surface area contributed by atoms with Crippen molar-refractivity contribution in [2.45, 2.75) is 12.1 Å². The Labute approximate surface area is 254 Å². The van der Waals surface area contributed by atoms with Gasteiger partial charge in [-0.25, -0.2) is 14.4 Å². The summed E-state index contributed by atoms with van der Waals surface area (Å²) in [7, 11) is 0. The molecule has 3 aromatic heterocycles. The van der Waals surface area contributed by atoms with Crippen molar-refractivity contribution in [1.29, 1.82) is 5.26 Å². The lowest BCUT2D eigenvalue weighted by Gasteiger charge is -2.33. The number of anilines is 3. The smallest absolute Gasteiger partial charge is 0.249 e. The van der Waals surface area contributed by atoms with E-state index in [9.17, 15) is 14.0 Å². The van der Waals surface area contributed by atoms with E-state index in [0.717, 1.165) is 29.1 Å². The summed E-state index contributed by atoms with van der Waals surface area (Å²) in [4.78, 5) is 12.1.